The first-order valence-corrected chi connectivity index (χ1v) is 11.9. The summed E-state index contributed by atoms with van der Waals surface area (Å²) in [5.74, 6) is -1.18. The van der Waals surface area contributed by atoms with Gasteiger partial charge in [0.1, 0.15) is 19.0 Å². The van der Waals surface area contributed by atoms with Crippen molar-refractivity contribution in [2.45, 2.75) is 31.4 Å². The Bertz CT molecular complexity index is 1210. The predicted octanol–water partition coefficient (Wildman–Crippen LogP) is 5.26. The normalized spacial score (nSPS) is 13.5. The highest BCUT2D eigenvalue weighted by molar-refractivity contribution is 9.10. The summed E-state index contributed by atoms with van der Waals surface area (Å²) in [6.07, 6.45) is -0.854. The van der Waals surface area contributed by atoms with Crippen LogP contribution in [-0.4, -0.2) is 41.1 Å². The van der Waals surface area contributed by atoms with Crippen LogP contribution in [0, 0.1) is 0 Å². The molecule has 8 heteroatoms. The molecule has 1 atom stereocenters. The van der Waals surface area contributed by atoms with Crippen LogP contribution in [0.1, 0.15) is 42.5 Å². The number of fused-ring (bicyclic) bond motifs is 3. The van der Waals surface area contributed by atoms with Crippen molar-refractivity contribution in [1.82, 2.24) is 5.32 Å². The van der Waals surface area contributed by atoms with Crippen molar-refractivity contribution in [2.24, 2.45) is 0 Å². The second kappa shape index (κ2) is 10.1. The maximum Gasteiger partial charge on any atom is 0.408 e. The lowest BCUT2D eigenvalue weighted by Gasteiger charge is -2.22. The van der Waals surface area contributed by atoms with Crippen LogP contribution in [0.2, 0.25) is 0 Å². The highest BCUT2D eigenvalue weighted by atomic mass is 79.9. The lowest BCUT2D eigenvalue weighted by atomic mass is 9.98. The van der Waals surface area contributed by atoms with Crippen molar-refractivity contribution in [3.8, 4) is 16.9 Å². The molecule has 3 aromatic rings. The fourth-order valence-corrected chi connectivity index (χ4v) is 4.54. The molecule has 0 radical (unpaired) electrons. The standard InChI is InChI=1S/C27H26BrNO6/c1-27(2,33)15-35-23-12-11-16(28)13-21(23)24(25(30)31)29-26(32)34-14-22-19-9-5-3-7-17(19)18-8-4-6-10-20(18)22/h3-13,22,24,33H,14-15H2,1-2H3,(H,29,32)(H,30,31). The van der Waals surface area contributed by atoms with E-state index in [9.17, 15) is 19.8 Å². The molecule has 1 aliphatic carbocycles. The average molecular weight is 540 g/mol. The zero-order valence-electron chi connectivity index (χ0n) is 19.3. The number of benzene rings is 3. The first kappa shape index (κ1) is 24.8. The van der Waals surface area contributed by atoms with Gasteiger partial charge in [0.05, 0.1) is 5.60 Å². The van der Waals surface area contributed by atoms with E-state index >= 15 is 0 Å². The number of aliphatic carboxylic acids is 1. The van der Waals surface area contributed by atoms with E-state index in [4.69, 9.17) is 9.47 Å². The third-order valence-electron chi connectivity index (χ3n) is 5.72. The van der Waals surface area contributed by atoms with Gasteiger partial charge in [0.2, 0.25) is 0 Å². The highest BCUT2D eigenvalue weighted by Crippen LogP contribution is 2.44. The monoisotopic (exact) mass is 539 g/mol. The van der Waals surface area contributed by atoms with Gasteiger partial charge >= 0.3 is 12.1 Å². The number of aliphatic hydroxyl groups is 1. The quantitative estimate of drug-likeness (QED) is 0.360. The Hall–Kier alpha value is -3.36. The number of carboxylic acid groups (broad SMARTS) is 1. The van der Waals surface area contributed by atoms with Gasteiger partial charge in [-0.2, -0.15) is 0 Å². The van der Waals surface area contributed by atoms with Crippen molar-refractivity contribution < 1.29 is 29.3 Å². The van der Waals surface area contributed by atoms with Crippen LogP contribution in [0.3, 0.4) is 0 Å². The molecule has 0 aliphatic heterocycles. The van der Waals surface area contributed by atoms with Crippen LogP contribution in [-0.2, 0) is 9.53 Å². The molecule has 0 saturated carbocycles. The average Bonchev–Trinajstić information content (AvgIpc) is 3.13. The number of carbonyl (C=O) groups is 2. The molecule has 182 valence electrons. The number of carbonyl (C=O) groups excluding carboxylic acids is 1. The highest BCUT2D eigenvalue weighted by Gasteiger charge is 2.31. The summed E-state index contributed by atoms with van der Waals surface area (Å²) in [4.78, 5) is 24.8. The first-order valence-electron chi connectivity index (χ1n) is 11.1. The van der Waals surface area contributed by atoms with E-state index in [0.29, 0.717) is 4.47 Å². The minimum Gasteiger partial charge on any atom is -0.490 e. The Morgan fingerprint density at radius 1 is 1.03 bits per heavy atom. The Kier molecular flexibility index (Phi) is 7.14. The molecule has 0 saturated heterocycles. The fraction of sp³-hybridized carbons (Fsp3) is 0.259. The van der Waals surface area contributed by atoms with Gasteiger partial charge in [-0.05, 0) is 54.3 Å². The van der Waals surface area contributed by atoms with E-state index in [1.165, 1.54) is 0 Å². The minimum absolute atomic E-state index is 0.0566. The third-order valence-corrected chi connectivity index (χ3v) is 6.21. The molecule has 0 heterocycles. The van der Waals surface area contributed by atoms with Crippen molar-refractivity contribution >= 4 is 28.0 Å². The van der Waals surface area contributed by atoms with Gasteiger partial charge in [-0.25, -0.2) is 9.59 Å². The van der Waals surface area contributed by atoms with E-state index < -0.39 is 23.7 Å². The third kappa shape index (κ3) is 5.66. The van der Waals surface area contributed by atoms with E-state index in [0.717, 1.165) is 22.3 Å². The first-order chi connectivity index (χ1) is 16.6. The molecule has 3 aromatic carbocycles. The number of alkyl carbamates (subject to hydrolysis) is 1. The number of hydrogen-bond donors (Lipinski definition) is 3. The molecule has 0 bridgehead atoms. The molecule has 4 rings (SSSR count). The van der Waals surface area contributed by atoms with E-state index in [-0.39, 0.29) is 30.4 Å². The Labute approximate surface area is 211 Å². The number of carboxylic acids is 1. The van der Waals surface area contributed by atoms with E-state index in [1.807, 2.05) is 48.5 Å². The smallest absolute Gasteiger partial charge is 0.408 e. The van der Waals surface area contributed by atoms with E-state index in [1.54, 1.807) is 32.0 Å². The zero-order valence-corrected chi connectivity index (χ0v) is 20.9. The molecule has 1 aliphatic rings. The number of amides is 1. The number of rotatable bonds is 8. The molecule has 0 aromatic heterocycles. The number of nitrogens with one attached hydrogen (secondary N) is 1. The van der Waals surface area contributed by atoms with Crippen LogP contribution in [0.25, 0.3) is 11.1 Å². The summed E-state index contributed by atoms with van der Waals surface area (Å²) in [5, 5.41) is 22.3. The summed E-state index contributed by atoms with van der Waals surface area (Å²) >= 11 is 3.33. The fourth-order valence-electron chi connectivity index (χ4n) is 4.16. The van der Waals surface area contributed by atoms with E-state index in [2.05, 4.69) is 21.2 Å². The molecular weight excluding hydrogens is 514 g/mol. The topological polar surface area (TPSA) is 105 Å². The maximum atomic E-state index is 12.7. The second-order valence-electron chi connectivity index (χ2n) is 9.02. The molecule has 1 unspecified atom stereocenters. The Morgan fingerprint density at radius 3 is 2.20 bits per heavy atom. The Morgan fingerprint density at radius 2 is 1.63 bits per heavy atom. The van der Waals surface area contributed by atoms with Crippen molar-refractivity contribution in [3.05, 3.63) is 87.9 Å². The van der Waals surface area contributed by atoms with Gasteiger partial charge in [0, 0.05) is 16.0 Å². The van der Waals surface area contributed by atoms with Crippen molar-refractivity contribution in [1.29, 1.82) is 0 Å². The molecule has 0 spiro atoms. The molecular formula is C27H26BrNO6. The van der Waals surface area contributed by atoms with Crippen LogP contribution < -0.4 is 10.1 Å². The Balaban J connectivity index is 1.51. The predicted molar refractivity (Wildman–Crippen MR) is 135 cm³/mol. The van der Waals surface area contributed by atoms with Crippen LogP contribution in [0.4, 0.5) is 4.79 Å². The lowest BCUT2D eigenvalue weighted by molar-refractivity contribution is -0.139. The molecule has 1 amide bonds. The van der Waals surface area contributed by atoms with Gasteiger partial charge in [0.25, 0.3) is 0 Å². The van der Waals surface area contributed by atoms with Gasteiger partial charge in [0.15, 0.2) is 6.04 Å². The lowest BCUT2D eigenvalue weighted by Crippen LogP contribution is -2.35. The van der Waals surface area contributed by atoms with Crippen molar-refractivity contribution in [2.75, 3.05) is 13.2 Å². The molecule has 7 nitrogen and oxygen atoms in total. The summed E-state index contributed by atoms with van der Waals surface area (Å²) in [6, 6.07) is 19.3. The molecule has 3 N–H and O–H groups in total. The summed E-state index contributed by atoms with van der Waals surface area (Å²) in [6.45, 7) is 3.16. The van der Waals surface area contributed by atoms with Gasteiger partial charge in [-0.15, -0.1) is 0 Å². The van der Waals surface area contributed by atoms with Gasteiger partial charge in [-0.3, -0.25) is 0 Å². The second-order valence-corrected chi connectivity index (χ2v) is 9.94. The largest absolute Gasteiger partial charge is 0.490 e. The van der Waals surface area contributed by atoms with Crippen molar-refractivity contribution in [3.63, 3.8) is 0 Å². The van der Waals surface area contributed by atoms with Gasteiger partial charge < -0.3 is 25.0 Å². The summed E-state index contributed by atoms with van der Waals surface area (Å²) in [5.41, 5.74) is 3.43. The number of halogens is 1. The summed E-state index contributed by atoms with van der Waals surface area (Å²) in [7, 11) is 0. The van der Waals surface area contributed by atoms with Crippen LogP contribution in [0.5, 0.6) is 5.75 Å². The maximum absolute atomic E-state index is 12.7. The minimum atomic E-state index is -1.42. The molecule has 35 heavy (non-hydrogen) atoms. The zero-order chi connectivity index (χ0) is 25.2. The molecule has 0 fully saturated rings. The summed E-state index contributed by atoms with van der Waals surface area (Å²) < 4.78 is 11.8. The van der Waals surface area contributed by atoms with Gasteiger partial charge in [-0.1, -0.05) is 64.5 Å². The van der Waals surface area contributed by atoms with Crippen LogP contribution in [0.15, 0.2) is 71.2 Å². The SMILES string of the molecule is CC(C)(O)COc1ccc(Br)cc1C(NC(=O)OCC1c2ccccc2-c2ccccc21)C(=O)O. The number of ether oxygens (including phenoxy) is 2. The van der Waals surface area contributed by atoms with Crippen LogP contribution >= 0.6 is 15.9 Å². The number of hydrogen-bond acceptors (Lipinski definition) is 5.